The maximum atomic E-state index is 11.8. The van der Waals surface area contributed by atoms with Crippen molar-refractivity contribution in [3.05, 3.63) is 29.8 Å². The average Bonchev–Trinajstić information content (AvgIpc) is 2.53. The summed E-state index contributed by atoms with van der Waals surface area (Å²) in [6, 6.07) is 7.76. The minimum atomic E-state index is -0.0292. The van der Waals surface area contributed by atoms with Crippen LogP contribution in [-0.2, 0) is 16.1 Å². The van der Waals surface area contributed by atoms with Crippen molar-refractivity contribution in [2.45, 2.75) is 13.5 Å². The lowest BCUT2D eigenvalue weighted by Gasteiger charge is -2.13. The standard InChI is InChI=1S/C17H29N5O2/c1-5-24-10-9-19-17(18-2)20-12-14-7-6-8-15(11-14)21-16(23)13-22(3)4/h6-8,11H,5,9-10,12-13H2,1-4H3,(H,21,23)(H2,18,19,20). The first-order chi connectivity index (χ1) is 11.5. The number of guanidine groups is 1. The zero-order valence-electron chi connectivity index (χ0n) is 15.1. The van der Waals surface area contributed by atoms with Crippen molar-refractivity contribution in [1.29, 1.82) is 0 Å². The Morgan fingerprint density at radius 3 is 2.75 bits per heavy atom. The molecule has 0 saturated heterocycles. The molecule has 0 aliphatic rings. The molecule has 0 spiro atoms. The van der Waals surface area contributed by atoms with Gasteiger partial charge in [-0.25, -0.2) is 0 Å². The number of aliphatic imine (C=N–C) groups is 1. The van der Waals surface area contributed by atoms with E-state index in [1.165, 1.54) is 0 Å². The van der Waals surface area contributed by atoms with Gasteiger partial charge in [0, 0.05) is 32.4 Å². The molecule has 0 bridgehead atoms. The number of carbonyl (C=O) groups excluding carboxylic acids is 1. The van der Waals surface area contributed by atoms with Gasteiger partial charge in [-0.2, -0.15) is 0 Å². The van der Waals surface area contributed by atoms with Crippen LogP contribution in [0.4, 0.5) is 5.69 Å². The van der Waals surface area contributed by atoms with E-state index in [1.807, 2.05) is 50.2 Å². The highest BCUT2D eigenvalue weighted by Crippen LogP contribution is 2.10. The molecule has 0 fully saturated rings. The Labute approximate surface area is 144 Å². The minimum Gasteiger partial charge on any atom is -0.380 e. The predicted molar refractivity (Wildman–Crippen MR) is 98.3 cm³/mol. The first-order valence-corrected chi connectivity index (χ1v) is 8.11. The van der Waals surface area contributed by atoms with Crippen LogP contribution >= 0.6 is 0 Å². The van der Waals surface area contributed by atoms with Crippen molar-refractivity contribution in [1.82, 2.24) is 15.5 Å². The number of nitrogens with one attached hydrogen (secondary N) is 3. The SMILES string of the molecule is CCOCCNC(=NC)NCc1cccc(NC(=O)CN(C)C)c1. The number of benzene rings is 1. The highest BCUT2D eigenvalue weighted by Gasteiger charge is 2.04. The van der Waals surface area contributed by atoms with E-state index in [1.54, 1.807) is 7.05 Å². The summed E-state index contributed by atoms with van der Waals surface area (Å²) in [7, 11) is 5.46. The molecule has 24 heavy (non-hydrogen) atoms. The number of ether oxygens (including phenoxy) is 1. The summed E-state index contributed by atoms with van der Waals surface area (Å²) in [6.45, 7) is 5.00. The summed E-state index contributed by atoms with van der Waals surface area (Å²) in [4.78, 5) is 17.8. The van der Waals surface area contributed by atoms with Crippen LogP contribution in [-0.4, -0.2) is 64.2 Å². The Bertz CT molecular complexity index is 531. The molecule has 1 aromatic carbocycles. The molecule has 0 atom stereocenters. The van der Waals surface area contributed by atoms with Gasteiger partial charge >= 0.3 is 0 Å². The second kappa shape index (κ2) is 11.4. The molecular formula is C17H29N5O2. The van der Waals surface area contributed by atoms with Gasteiger partial charge < -0.3 is 25.6 Å². The average molecular weight is 335 g/mol. The van der Waals surface area contributed by atoms with Gasteiger partial charge in [-0.15, -0.1) is 0 Å². The van der Waals surface area contributed by atoms with Crippen LogP contribution < -0.4 is 16.0 Å². The van der Waals surface area contributed by atoms with Gasteiger partial charge in [0.25, 0.3) is 0 Å². The van der Waals surface area contributed by atoms with E-state index in [0.717, 1.165) is 17.2 Å². The Kier molecular flexibility index (Phi) is 9.48. The van der Waals surface area contributed by atoms with E-state index in [2.05, 4.69) is 20.9 Å². The number of likely N-dealkylation sites (N-methyl/N-ethyl adjacent to an activating group) is 1. The van der Waals surface area contributed by atoms with Crippen LogP contribution in [0, 0.1) is 0 Å². The lowest BCUT2D eigenvalue weighted by Crippen LogP contribution is -2.38. The maximum Gasteiger partial charge on any atom is 0.238 e. The monoisotopic (exact) mass is 335 g/mol. The largest absolute Gasteiger partial charge is 0.380 e. The summed E-state index contributed by atoms with van der Waals surface area (Å²) >= 11 is 0. The Hall–Kier alpha value is -2.12. The Balaban J connectivity index is 2.47. The minimum absolute atomic E-state index is 0.0292. The van der Waals surface area contributed by atoms with Crippen molar-refractivity contribution in [3.63, 3.8) is 0 Å². The van der Waals surface area contributed by atoms with Gasteiger partial charge in [-0.1, -0.05) is 12.1 Å². The quantitative estimate of drug-likeness (QED) is 0.355. The molecule has 0 aliphatic heterocycles. The van der Waals surface area contributed by atoms with Crippen molar-refractivity contribution in [2.24, 2.45) is 4.99 Å². The third kappa shape index (κ3) is 8.50. The molecule has 7 nitrogen and oxygen atoms in total. The van der Waals surface area contributed by atoms with Gasteiger partial charge in [0.2, 0.25) is 5.91 Å². The number of rotatable bonds is 9. The molecule has 1 amide bonds. The normalized spacial score (nSPS) is 11.5. The third-order valence-corrected chi connectivity index (χ3v) is 3.10. The van der Waals surface area contributed by atoms with Crippen LogP contribution in [0.25, 0.3) is 0 Å². The molecular weight excluding hydrogens is 306 g/mol. The number of hydrogen-bond acceptors (Lipinski definition) is 4. The summed E-state index contributed by atoms with van der Waals surface area (Å²) in [5.41, 5.74) is 1.85. The Morgan fingerprint density at radius 1 is 1.29 bits per heavy atom. The Morgan fingerprint density at radius 2 is 2.08 bits per heavy atom. The fraction of sp³-hybridized carbons (Fsp3) is 0.529. The van der Waals surface area contributed by atoms with Crippen molar-refractivity contribution in [2.75, 3.05) is 52.8 Å². The van der Waals surface area contributed by atoms with E-state index in [-0.39, 0.29) is 5.91 Å². The van der Waals surface area contributed by atoms with E-state index < -0.39 is 0 Å². The molecule has 0 heterocycles. The topological polar surface area (TPSA) is 78.0 Å². The van der Waals surface area contributed by atoms with Crippen LogP contribution in [0.1, 0.15) is 12.5 Å². The number of carbonyl (C=O) groups is 1. The molecule has 134 valence electrons. The first kappa shape index (κ1) is 19.9. The predicted octanol–water partition coefficient (Wildman–Crippen LogP) is 0.888. The molecule has 7 heteroatoms. The highest BCUT2D eigenvalue weighted by atomic mass is 16.5. The highest BCUT2D eigenvalue weighted by molar-refractivity contribution is 5.92. The van der Waals surface area contributed by atoms with Gasteiger partial charge in [0.1, 0.15) is 0 Å². The summed E-state index contributed by atoms with van der Waals surface area (Å²) in [5.74, 6) is 0.690. The summed E-state index contributed by atoms with van der Waals surface area (Å²) < 4.78 is 5.28. The van der Waals surface area contributed by atoms with Gasteiger partial charge in [-0.05, 0) is 38.7 Å². The molecule has 0 radical (unpaired) electrons. The van der Waals surface area contributed by atoms with Crippen LogP contribution in [0.15, 0.2) is 29.3 Å². The number of hydrogen-bond donors (Lipinski definition) is 3. The molecule has 0 saturated carbocycles. The lowest BCUT2D eigenvalue weighted by molar-refractivity contribution is -0.116. The van der Waals surface area contributed by atoms with Gasteiger partial charge in [0.05, 0.1) is 13.2 Å². The summed E-state index contributed by atoms with van der Waals surface area (Å²) in [5, 5.41) is 9.31. The molecule has 0 unspecified atom stereocenters. The zero-order valence-corrected chi connectivity index (χ0v) is 15.1. The van der Waals surface area contributed by atoms with E-state index in [0.29, 0.717) is 32.8 Å². The molecule has 1 aromatic rings. The third-order valence-electron chi connectivity index (χ3n) is 3.10. The first-order valence-electron chi connectivity index (χ1n) is 8.11. The van der Waals surface area contributed by atoms with Crippen LogP contribution in [0.3, 0.4) is 0 Å². The number of amides is 1. The van der Waals surface area contributed by atoms with Crippen molar-refractivity contribution >= 4 is 17.6 Å². The fourth-order valence-corrected chi connectivity index (χ4v) is 2.04. The van der Waals surface area contributed by atoms with Gasteiger partial charge in [0.15, 0.2) is 5.96 Å². The second-order valence-corrected chi connectivity index (χ2v) is 5.54. The lowest BCUT2D eigenvalue weighted by atomic mass is 10.2. The zero-order chi connectivity index (χ0) is 17.8. The maximum absolute atomic E-state index is 11.8. The molecule has 0 aliphatic carbocycles. The van der Waals surface area contributed by atoms with Gasteiger partial charge in [-0.3, -0.25) is 9.79 Å². The fourth-order valence-electron chi connectivity index (χ4n) is 2.04. The van der Waals surface area contributed by atoms with Crippen molar-refractivity contribution in [3.8, 4) is 0 Å². The van der Waals surface area contributed by atoms with E-state index >= 15 is 0 Å². The van der Waals surface area contributed by atoms with Crippen molar-refractivity contribution < 1.29 is 9.53 Å². The number of nitrogens with zero attached hydrogens (tertiary/aromatic N) is 2. The van der Waals surface area contributed by atoms with E-state index in [4.69, 9.17) is 4.74 Å². The molecule has 1 rings (SSSR count). The van der Waals surface area contributed by atoms with Crippen LogP contribution in [0.2, 0.25) is 0 Å². The summed E-state index contributed by atoms with van der Waals surface area (Å²) in [6.07, 6.45) is 0. The molecule has 3 N–H and O–H groups in total. The van der Waals surface area contributed by atoms with E-state index in [9.17, 15) is 4.79 Å². The smallest absolute Gasteiger partial charge is 0.238 e. The molecule has 0 aromatic heterocycles. The second-order valence-electron chi connectivity index (χ2n) is 5.54. The van der Waals surface area contributed by atoms with Crippen LogP contribution in [0.5, 0.6) is 0 Å². The number of anilines is 1.